The second-order valence-corrected chi connectivity index (χ2v) is 12.6. The molecule has 1 fully saturated rings. The molecule has 4 heterocycles. The van der Waals surface area contributed by atoms with E-state index in [0.717, 1.165) is 49.0 Å². The van der Waals surface area contributed by atoms with Crippen molar-refractivity contribution in [3.8, 4) is 17.0 Å². The van der Waals surface area contributed by atoms with Gasteiger partial charge in [-0.3, -0.25) is 4.90 Å². The molecule has 12 heteroatoms. The van der Waals surface area contributed by atoms with Crippen molar-refractivity contribution in [2.75, 3.05) is 44.8 Å². The molecule has 1 N–H and O–H groups in total. The van der Waals surface area contributed by atoms with Gasteiger partial charge in [-0.15, -0.1) is 0 Å². The summed E-state index contributed by atoms with van der Waals surface area (Å²) < 4.78 is 25.1. The molecule has 44 heavy (non-hydrogen) atoms. The SMILES string of the molecule is CC(C)(C)OC(=O)n1cc(-c2cc3cnc(Nc4ccc(OCCN5CCOCC5)cc4)cc3n2C(=O)OC(C)(C)C)cn1. The van der Waals surface area contributed by atoms with Gasteiger partial charge in [0, 0.05) is 54.7 Å². The van der Waals surface area contributed by atoms with Crippen LogP contribution in [0.3, 0.4) is 0 Å². The standard InChI is InChI=1S/C32H40N6O6/c1-31(2,3)43-29(39)37-21-23(20-34-37)26-17-22-19-33-28(18-27(22)38(26)30(40)44-32(4,5)6)35-24-7-9-25(10-8-24)42-16-13-36-11-14-41-15-12-36/h7-10,17-21H,11-16H2,1-6H3,(H,33,35). The Kier molecular flexibility index (Phi) is 8.93. The van der Waals surface area contributed by atoms with Crippen LogP contribution in [-0.2, 0) is 14.2 Å². The van der Waals surface area contributed by atoms with Crippen molar-refractivity contribution >= 4 is 34.6 Å². The molecule has 3 aromatic heterocycles. The summed E-state index contributed by atoms with van der Waals surface area (Å²) in [5, 5.41) is 8.19. The minimum atomic E-state index is -0.730. The van der Waals surface area contributed by atoms with Gasteiger partial charge in [-0.2, -0.15) is 9.78 Å². The molecule has 5 rings (SSSR count). The molecule has 0 saturated carbocycles. The molecule has 0 amide bonds. The van der Waals surface area contributed by atoms with Crippen molar-refractivity contribution in [1.82, 2.24) is 24.2 Å². The highest BCUT2D eigenvalue weighted by Crippen LogP contribution is 2.31. The monoisotopic (exact) mass is 604 g/mol. The molecule has 0 aliphatic carbocycles. The van der Waals surface area contributed by atoms with E-state index in [-0.39, 0.29) is 0 Å². The van der Waals surface area contributed by atoms with Gasteiger partial charge in [0.2, 0.25) is 0 Å². The Labute approximate surface area is 256 Å². The highest BCUT2D eigenvalue weighted by atomic mass is 16.6. The van der Waals surface area contributed by atoms with Gasteiger partial charge in [-0.1, -0.05) is 0 Å². The van der Waals surface area contributed by atoms with E-state index < -0.39 is 23.4 Å². The number of nitrogens with zero attached hydrogens (tertiary/aromatic N) is 5. The van der Waals surface area contributed by atoms with Gasteiger partial charge in [-0.05, 0) is 71.9 Å². The number of rotatable bonds is 7. The van der Waals surface area contributed by atoms with Gasteiger partial charge in [-0.25, -0.2) is 19.1 Å². The van der Waals surface area contributed by atoms with Crippen LogP contribution < -0.4 is 10.1 Å². The molecule has 0 unspecified atom stereocenters. The number of fused-ring (bicyclic) bond motifs is 1. The fourth-order valence-electron chi connectivity index (χ4n) is 4.65. The summed E-state index contributed by atoms with van der Waals surface area (Å²) in [5.74, 6) is 1.32. The third-order valence-electron chi connectivity index (χ3n) is 6.63. The highest BCUT2D eigenvalue weighted by Gasteiger charge is 2.25. The summed E-state index contributed by atoms with van der Waals surface area (Å²) >= 11 is 0. The van der Waals surface area contributed by atoms with Gasteiger partial charge < -0.3 is 24.3 Å². The topological polar surface area (TPSA) is 122 Å². The lowest BCUT2D eigenvalue weighted by Crippen LogP contribution is -2.38. The Bertz CT molecular complexity index is 1610. The van der Waals surface area contributed by atoms with E-state index in [2.05, 4.69) is 20.3 Å². The smallest absolute Gasteiger partial charge is 0.435 e. The molecule has 1 aromatic carbocycles. The zero-order valence-electron chi connectivity index (χ0n) is 26.1. The van der Waals surface area contributed by atoms with Crippen molar-refractivity contribution in [2.24, 2.45) is 0 Å². The van der Waals surface area contributed by atoms with Crippen LogP contribution in [-0.4, -0.2) is 87.1 Å². The van der Waals surface area contributed by atoms with Crippen molar-refractivity contribution in [3.63, 3.8) is 0 Å². The second-order valence-electron chi connectivity index (χ2n) is 12.6. The number of pyridine rings is 1. The fourth-order valence-corrected chi connectivity index (χ4v) is 4.65. The Morgan fingerprint density at radius 2 is 1.61 bits per heavy atom. The van der Waals surface area contributed by atoms with Gasteiger partial charge in [0.05, 0.1) is 30.6 Å². The zero-order valence-corrected chi connectivity index (χ0v) is 26.1. The largest absolute Gasteiger partial charge is 0.492 e. The third-order valence-corrected chi connectivity index (χ3v) is 6.63. The molecule has 1 aliphatic rings. The molecule has 0 bridgehead atoms. The van der Waals surface area contributed by atoms with Crippen molar-refractivity contribution in [1.29, 1.82) is 0 Å². The minimum absolute atomic E-state index is 0.501. The lowest BCUT2D eigenvalue weighted by Gasteiger charge is -2.26. The van der Waals surface area contributed by atoms with Crippen LogP contribution in [0.1, 0.15) is 41.5 Å². The lowest BCUT2D eigenvalue weighted by molar-refractivity contribution is 0.0322. The number of hydrogen-bond donors (Lipinski definition) is 1. The van der Waals surface area contributed by atoms with E-state index in [4.69, 9.17) is 18.9 Å². The number of carbonyl (C=O) groups is 2. The van der Waals surface area contributed by atoms with E-state index in [1.807, 2.05) is 30.3 Å². The Hall–Kier alpha value is -4.42. The molecule has 1 aliphatic heterocycles. The predicted molar refractivity (Wildman–Crippen MR) is 167 cm³/mol. The number of nitrogens with one attached hydrogen (secondary N) is 1. The van der Waals surface area contributed by atoms with Crippen LogP contribution in [0.25, 0.3) is 22.2 Å². The summed E-state index contributed by atoms with van der Waals surface area (Å²) in [6.07, 6.45) is 3.54. The first kappa shape index (κ1) is 31.0. The van der Waals surface area contributed by atoms with Crippen molar-refractivity contribution < 1.29 is 28.5 Å². The number of benzene rings is 1. The van der Waals surface area contributed by atoms with Gasteiger partial charge >= 0.3 is 12.2 Å². The van der Waals surface area contributed by atoms with Gasteiger partial charge in [0.25, 0.3) is 0 Å². The van der Waals surface area contributed by atoms with Crippen molar-refractivity contribution in [2.45, 2.75) is 52.7 Å². The normalized spacial score (nSPS) is 14.4. The van der Waals surface area contributed by atoms with Crippen molar-refractivity contribution in [3.05, 3.63) is 55.0 Å². The molecule has 4 aromatic rings. The number of morpholine rings is 1. The molecule has 234 valence electrons. The van der Waals surface area contributed by atoms with E-state index >= 15 is 0 Å². The van der Waals surface area contributed by atoms with Crippen LogP contribution in [0.4, 0.5) is 21.1 Å². The average Bonchev–Trinajstić information content (AvgIpc) is 3.58. The van der Waals surface area contributed by atoms with Gasteiger partial charge in [0.1, 0.15) is 29.4 Å². The third kappa shape index (κ3) is 7.94. The molecule has 0 atom stereocenters. The lowest BCUT2D eigenvalue weighted by atomic mass is 10.2. The zero-order chi connectivity index (χ0) is 31.5. The van der Waals surface area contributed by atoms with E-state index in [0.29, 0.717) is 34.6 Å². The minimum Gasteiger partial charge on any atom is -0.492 e. The number of carbonyl (C=O) groups excluding carboxylic acids is 2. The Morgan fingerprint density at radius 1 is 0.932 bits per heavy atom. The highest BCUT2D eigenvalue weighted by molar-refractivity contribution is 5.97. The van der Waals surface area contributed by atoms with Gasteiger partial charge in [0.15, 0.2) is 0 Å². The summed E-state index contributed by atoms with van der Waals surface area (Å²) in [6.45, 7) is 15.6. The van der Waals surface area contributed by atoms with Crippen LogP contribution in [0.5, 0.6) is 5.75 Å². The number of anilines is 2. The summed E-state index contributed by atoms with van der Waals surface area (Å²) in [6, 6.07) is 11.2. The first-order valence-corrected chi connectivity index (χ1v) is 14.7. The summed E-state index contributed by atoms with van der Waals surface area (Å²) in [4.78, 5) is 33.0. The maximum Gasteiger partial charge on any atom is 0.435 e. The van der Waals surface area contributed by atoms with E-state index in [1.54, 1.807) is 53.8 Å². The second kappa shape index (κ2) is 12.7. The Morgan fingerprint density at radius 3 is 2.30 bits per heavy atom. The summed E-state index contributed by atoms with van der Waals surface area (Å²) in [5.41, 5.74) is 1.02. The molecular weight excluding hydrogens is 564 g/mol. The molecular formula is C32H40N6O6. The summed E-state index contributed by atoms with van der Waals surface area (Å²) in [7, 11) is 0. The molecule has 0 spiro atoms. The molecule has 1 saturated heterocycles. The number of ether oxygens (including phenoxy) is 4. The van der Waals surface area contributed by atoms with Crippen LogP contribution in [0.2, 0.25) is 0 Å². The molecule has 0 radical (unpaired) electrons. The average molecular weight is 605 g/mol. The first-order chi connectivity index (χ1) is 20.8. The fraction of sp³-hybridized carbons (Fsp3) is 0.438. The Balaban J connectivity index is 1.37. The first-order valence-electron chi connectivity index (χ1n) is 14.7. The number of aromatic nitrogens is 4. The van der Waals surface area contributed by atoms with E-state index in [9.17, 15) is 9.59 Å². The van der Waals surface area contributed by atoms with E-state index in [1.165, 1.54) is 17.0 Å². The maximum atomic E-state index is 13.5. The predicted octanol–water partition coefficient (Wildman–Crippen LogP) is 5.92. The quantitative estimate of drug-likeness (QED) is 0.272. The maximum absolute atomic E-state index is 13.5. The molecule has 12 nitrogen and oxygen atoms in total. The van der Waals surface area contributed by atoms with Crippen LogP contribution in [0.15, 0.2) is 55.0 Å². The van der Waals surface area contributed by atoms with Crippen LogP contribution >= 0.6 is 0 Å². The number of hydrogen-bond acceptors (Lipinski definition) is 10. The van der Waals surface area contributed by atoms with Crippen LogP contribution in [0, 0.1) is 0 Å².